The first-order chi connectivity index (χ1) is 13.1. The molecule has 1 N–H and O–H groups in total. The van der Waals surface area contributed by atoms with Crippen LogP contribution in [-0.2, 0) is 21.4 Å². The third kappa shape index (κ3) is 3.26. The summed E-state index contributed by atoms with van der Waals surface area (Å²) in [6.45, 7) is 0.715. The summed E-state index contributed by atoms with van der Waals surface area (Å²) in [6, 6.07) is 14.6. The molecule has 0 spiro atoms. The molecule has 1 aromatic heterocycles. The normalized spacial score (nSPS) is 14.4. The lowest BCUT2D eigenvalue weighted by Crippen LogP contribution is -2.30. The molecule has 0 saturated heterocycles. The van der Waals surface area contributed by atoms with Crippen LogP contribution in [0.5, 0.6) is 0 Å². The van der Waals surface area contributed by atoms with E-state index < -0.39 is 10.0 Å². The highest BCUT2D eigenvalue weighted by Crippen LogP contribution is 2.41. The van der Waals surface area contributed by atoms with Crippen LogP contribution in [-0.4, -0.2) is 25.9 Å². The molecule has 0 fully saturated rings. The molecule has 0 atom stereocenters. The Hall–Kier alpha value is -2.93. The first kappa shape index (κ1) is 17.5. The van der Waals surface area contributed by atoms with E-state index in [0.717, 1.165) is 16.3 Å². The van der Waals surface area contributed by atoms with Gasteiger partial charge < -0.3 is 5.32 Å². The number of anilines is 1. The molecular formula is C20H19N3O3S. The molecule has 0 aliphatic carbocycles. The Balaban J connectivity index is 1.41. The average Bonchev–Trinajstić information content (AvgIpc) is 2.90. The second kappa shape index (κ2) is 7.00. The maximum Gasteiger partial charge on any atom is 0.265 e. The molecule has 2 aromatic carbocycles. The Morgan fingerprint density at radius 1 is 1.04 bits per heavy atom. The molecule has 7 heteroatoms. The van der Waals surface area contributed by atoms with Gasteiger partial charge in [0, 0.05) is 37.3 Å². The number of rotatable bonds is 6. The van der Waals surface area contributed by atoms with E-state index >= 15 is 0 Å². The van der Waals surface area contributed by atoms with Gasteiger partial charge in [-0.05, 0) is 41.6 Å². The highest BCUT2D eigenvalue weighted by Gasteiger charge is 2.34. The van der Waals surface area contributed by atoms with Gasteiger partial charge in [-0.2, -0.15) is 0 Å². The second-order valence-electron chi connectivity index (χ2n) is 6.44. The lowest BCUT2D eigenvalue weighted by Gasteiger charge is -2.18. The topological polar surface area (TPSA) is 79.4 Å². The SMILES string of the molecule is O=C(CCCN1c2cccc3cccc(c23)S1(=O)=O)NCc1ccncc1. The molecular weight excluding hydrogens is 362 g/mol. The molecule has 0 unspecified atom stereocenters. The summed E-state index contributed by atoms with van der Waals surface area (Å²) in [5, 5.41) is 4.52. The molecule has 27 heavy (non-hydrogen) atoms. The fourth-order valence-corrected chi connectivity index (χ4v) is 5.12. The molecule has 0 radical (unpaired) electrons. The number of benzene rings is 2. The minimum Gasteiger partial charge on any atom is -0.352 e. The van der Waals surface area contributed by atoms with E-state index in [0.29, 0.717) is 23.5 Å². The van der Waals surface area contributed by atoms with Gasteiger partial charge in [0.25, 0.3) is 10.0 Å². The zero-order valence-corrected chi connectivity index (χ0v) is 15.4. The van der Waals surface area contributed by atoms with E-state index in [1.54, 1.807) is 24.5 Å². The van der Waals surface area contributed by atoms with Crippen molar-refractivity contribution < 1.29 is 13.2 Å². The number of sulfonamides is 1. The van der Waals surface area contributed by atoms with Crippen molar-refractivity contribution in [2.45, 2.75) is 24.3 Å². The lowest BCUT2D eigenvalue weighted by molar-refractivity contribution is -0.121. The molecule has 1 aliphatic heterocycles. The summed E-state index contributed by atoms with van der Waals surface area (Å²) in [5.41, 5.74) is 1.67. The van der Waals surface area contributed by atoms with E-state index in [1.165, 1.54) is 4.31 Å². The van der Waals surface area contributed by atoms with Crippen molar-refractivity contribution in [2.75, 3.05) is 10.8 Å². The fraction of sp³-hybridized carbons (Fsp3) is 0.200. The predicted octanol–water partition coefficient (Wildman–Crippen LogP) is 2.84. The van der Waals surface area contributed by atoms with Crippen LogP contribution in [0, 0.1) is 0 Å². The number of aromatic nitrogens is 1. The molecule has 138 valence electrons. The Morgan fingerprint density at radius 2 is 1.78 bits per heavy atom. The summed E-state index contributed by atoms with van der Waals surface area (Å²) in [5.74, 6) is -0.0980. The van der Waals surface area contributed by atoms with Crippen molar-refractivity contribution in [1.82, 2.24) is 10.3 Å². The maximum atomic E-state index is 12.9. The largest absolute Gasteiger partial charge is 0.352 e. The van der Waals surface area contributed by atoms with E-state index in [1.807, 2.05) is 36.4 Å². The van der Waals surface area contributed by atoms with Crippen LogP contribution in [0.1, 0.15) is 18.4 Å². The third-order valence-electron chi connectivity index (χ3n) is 4.69. The zero-order chi connectivity index (χ0) is 18.9. The van der Waals surface area contributed by atoms with E-state index in [4.69, 9.17) is 0 Å². The molecule has 1 aliphatic rings. The number of nitrogens with one attached hydrogen (secondary N) is 1. The number of hydrogen-bond donors (Lipinski definition) is 1. The molecule has 2 heterocycles. The number of nitrogens with zero attached hydrogens (tertiary/aromatic N) is 2. The molecule has 3 aromatic rings. The summed E-state index contributed by atoms with van der Waals surface area (Å²) < 4.78 is 27.2. The van der Waals surface area contributed by atoms with Crippen molar-refractivity contribution in [1.29, 1.82) is 0 Å². The minimum atomic E-state index is -3.56. The van der Waals surface area contributed by atoms with Gasteiger partial charge in [-0.3, -0.25) is 14.1 Å². The van der Waals surface area contributed by atoms with Gasteiger partial charge in [0.15, 0.2) is 0 Å². The van der Waals surface area contributed by atoms with E-state index in [-0.39, 0.29) is 18.9 Å². The highest BCUT2D eigenvalue weighted by atomic mass is 32.2. The zero-order valence-electron chi connectivity index (χ0n) is 14.6. The third-order valence-corrected chi connectivity index (χ3v) is 6.54. The first-order valence-electron chi connectivity index (χ1n) is 8.77. The van der Waals surface area contributed by atoms with Gasteiger partial charge in [0.1, 0.15) is 0 Å². The van der Waals surface area contributed by atoms with Gasteiger partial charge in [-0.1, -0.05) is 24.3 Å². The van der Waals surface area contributed by atoms with Crippen LogP contribution in [0.15, 0.2) is 65.8 Å². The smallest absolute Gasteiger partial charge is 0.265 e. The van der Waals surface area contributed by atoms with Crippen molar-refractivity contribution in [3.8, 4) is 0 Å². The van der Waals surface area contributed by atoms with E-state index in [2.05, 4.69) is 10.3 Å². The summed E-state index contributed by atoms with van der Waals surface area (Å²) >= 11 is 0. The average molecular weight is 381 g/mol. The number of carbonyl (C=O) groups excluding carboxylic acids is 1. The van der Waals surface area contributed by atoms with Gasteiger partial charge in [0.2, 0.25) is 5.91 Å². The van der Waals surface area contributed by atoms with Crippen LogP contribution in [0.4, 0.5) is 5.69 Å². The van der Waals surface area contributed by atoms with Crippen molar-refractivity contribution >= 4 is 32.4 Å². The van der Waals surface area contributed by atoms with Crippen LogP contribution in [0.2, 0.25) is 0 Å². The molecule has 4 rings (SSSR count). The standard InChI is InChI=1S/C20H19N3O3S/c24-19(22-14-15-9-11-21-12-10-15)8-3-13-23-17-6-1-4-16-5-2-7-18(20(16)17)27(23,25)26/h1-2,4-7,9-12H,3,8,13-14H2,(H,22,24). The van der Waals surface area contributed by atoms with Crippen molar-refractivity contribution in [2.24, 2.45) is 0 Å². The fourth-order valence-electron chi connectivity index (χ4n) is 3.37. The number of carbonyl (C=O) groups is 1. The predicted molar refractivity (Wildman–Crippen MR) is 104 cm³/mol. The highest BCUT2D eigenvalue weighted by molar-refractivity contribution is 7.93. The van der Waals surface area contributed by atoms with Crippen molar-refractivity contribution in [3.05, 3.63) is 66.5 Å². The summed E-state index contributed by atoms with van der Waals surface area (Å²) in [4.78, 5) is 16.3. The first-order valence-corrected chi connectivity index (χ1v) is 10.2. The minimum absolute atomic E-state index is 0.0980. The lowest BCUT2D eigenvalue weighted by atomic mass is 10.1. The van der Waals surface area contributed by atoms with Crippen LogP contribution < -0.4 is 9.62 Å². The Labute approximate surface area is 157 Å². The summed E-state index contributed by atoms with van der Waals surface area (Å²) in [7, 11) is -3.56. The van der Waals surface area contributed by atoms with Gasteiger partial charge in [-0.25, -0.2) is 8.42 Å². The maximum absolute atomic E-state index is 12.9. The molecule has 1 amide bonds. The molecule has 6 nitrogen and oxygen atoms in total. The quantitative estimate of drug-likeness (QED) is 0.712. The molecule has 0 saturated carbocycles. The van der Waals surface area contributed by atoms with Gasteiger partial charge in [-0.15, -0.1) is 0 Å². The van der Waals surface area contributed by atoms with Gasteiger partial charge in [0.05, 0.1) is 10.6 Å². The number of hydrogen-bond acceptors (Lipinski definition) is 4. The van der Waals surface area contributed by atoms with E-state index in [9.17, 15) is 13.2 Å². The Bertz CT molecular complexity index is 1090. The van der Waals surface area contributed by atoms with Crippen LogP contribution >= 0.6 is 0 Å². The van der Waals surface area contributed by atoms with Crippen molar-refractivity contribution in [3.63, 3.8) is 0 Å². The Kier molecular flexibility index (Phi) is 4.53. The number of amides is 1. The summed E-state index contributed by atoms with van der Waals surface area (Å²) in [6.07, 6.45) is 4.07. The Morgan fingerprint density at radius 3 is 2.56 bits per heavy atom. The second-order valence-corrected chi connectivity index (χ2v) is 8.28. The monoisotopic (exact) mass is 381 g/mol. The van der Waals surface area contributed by atoms with Crippen LogP contribution in [0.25, 0.3) is 10.8 Å². The number of pyridine rings is 1. The molecule has 0 bridgehead atoms. The van der Waals surface area contributed by atoms with Crippen LogP contribution in [0.3, 0.4) is 0 Å². The van der Waals surface area contributed by atoms with Gasteiger partial charge >= 0.3 is 0 Å².